The average molecular weight is 248 g/mol. The highest BCUT2D eigenvalue weighted by atomic mass is 19.1. The number of aromatic amines is 1. The van der Waals surface area contributed by atoms with Gasteiger partial charge >= 0.3 is 0 Å². The number of H-pyrrole nitrogens is 1. The number of fused-ring (bicyclic) bond motifs is 1. The van der Waals surface area contributed by atoms with E-state index in [2.05, 4.69) is 14.9 Å². The van der Waals surface area contributed by atoms with Crippen molar-refractivity contribution >= 4 is 11.4 Å². The van der Waals surface area contributed by atoms with Crippen LogP contribution in [-0.4, -0.2) is 23.1 Å². The Kier molecular flexibility index (Phi) is 2.55. The first-order chi connectivity index (χ1) is 8.74. The number of benzene rings is 1. The Labute approximate surface area is 103 Å². The summed E-state index contributed by atoms with van der Waals surface area (Å²) in [6.45, 7) is 1.93. The Hall–Kier alpha value is -2.24. The molecule has 94 valence electrons. The predicted molar refractivity (Wildman–Crippen MR) is 65.9 cm³/mol. The molecule has 2 heterocycles. The van der Waals surface area contributed by atoms with Crippen LogP contribution in [-0.2, 0) is 6.54 Å². The summed E-state index contributed by atoms with van der Waals surface area (Å²) in [5.74, 6) is 0.0876. The van der Waals surface area contributed by atoms with Crippen molar-refractivity contribution in [3.8, 4) is 5.75 Å². The van der Waals surface area contributed by atoms with Gasteiger partial charge in [0.2, 0.25) is 0 Å². The summed E-state index contributed by atoms with van der Waals surface area (Å²) >= 11 is 0. The van der Waals surface area contributed by atoms with Gasteiger partial charge in [0.05, 0.1) is 36.5 Å². The van der Waals surface area contributed by atoms with Gasteiger partial charge in [-0.3, -0.25) is 0 Å². The van der Waals surface area contributed by atoms with Crippen molar-refractivity contribution in [2.24, 2.45) is 0 Å². The predicted octanol–water partition coefficient (Wildman–Crippen LogP) is 1.53. The minimum Gasteiger partial charge on any atom is -0.489 e. The topological polar surface area (TPSA) is 67.2 Å². The van der Waals surface area contributed by atoms with E-state index in [0.29, 0.717) is 18.9 Å². The molecule has 18 heavy (non-hydrogen) atoms. The first-order valence-electron chi connectivity index (χ1n) is 5.68. The number of nitrogens with zero attached hydrogens (tertiary/aromatic N) is 2. The Morgan fingerprint density at radius 3 is 3.17 bits per heavy atom. The van der Waals surface area contributed by atoms with E-state index in [9.17, 15) is 4.39 Å². The van der Waals surface area contributed by atoms with Gasteiger partial charge in [-0.15, -0.1) is 0 Å². The van der Waals surface area contributed by atoms with Crippen LogP contribution in [0.25, 0.3) is 0 Å². The number of anilines is 2. The molecule has 6 heteroatoms. The number of rotatable bonds is 2. The highest BCUT2D eigenvalue weighted by Crippen LogP contribution is 2.35. The maximum Gasteiger partial charge on any atom is 0.149 e. The summed E-state index contributed by atoms with van der Waals surface area (Å²) in [6.07, 6.45) is 3.40. The third kappa shape index (κ3) is 1.85. The number of nitrogens with two attached hydrogens (primary N) is 1. The molecule has 3 rings (SSSR count). The average Bonchev–Trinajstić information content (AvgIpc) is 2.84. The molecule has 0 unspecified atom stereocenters. The molecule has 0 fully saturated rings. The van der Waals surface area contributed by atoms with Gasteiger partial charge in [-0.05, 0) is 6.07 Å². The van der Waals surface area contributed by atoms with Gasteiger partial charge in [-0.25, -0.2) is 9.37 Å². The zero-order chi connectivity index (χ0) is 12.5. The molecule has 5 nitrogen and oxygen atoms in total. The quantitative estimate of drug-likeness (QED) is 0.791. The highest BCUT2D eigenvalue weighted by molar-refractivity contribution is 5.66. The number of nitrogens with one attached hydrogen (secondary N) is 1. The van der Waals surface area contributed by atoms with Gasteiger partial charge < -0.3 is 20.4 Å². The van der Waals surface area contributed by atoms with Crippen LogP contribution in [0, 0.1) is 5.82 Å². The number of imidazole rings is 1. The lowest BCUT2D eigenvalue weighted by Gasteiger charge is -2.31. The van der Waals surface area contributed by atoms with E-state index in [1.54, 1.807) is 18.6 Å². The van der Waals surface area contributed by atoms with E-state index < -0.39 is 5.82 Å². The fourth-order valence-corrected chi connectivity index (χ4v) is 2.05. The summed E-state index contributed by atoms with van der Waals surface area (Å²) in [6, 6.07) is 2.95. The van der Waals surface area contributed by atoms with Crippen LogP contribution in [0.3, 0.4) is 0 Å². The van der Waals surface area contributed by atoms with Crippen LogP contribution in [0.4, 0.5) is 15.8 Å². The molecule has 1 aromatic heterocycles. The normalized spacial score (nSPS) is 14.2. The van der Waals surface area contributed by atoms with Crippen molar-refractivity contribution < 1.29 is 9.13 Å². The minimum atomic E-state index is -0.447. The highest BCUT2D eigenvalue weighted by Gasteiger charge is 2.20. The zero-order valence-corrected chi connectivity index (χ0v) is 9.69. The van der Waals surface area contributed by atoms with Crippen molar-refractivity contribution in [2.45, 2.75) is 6.54 Å². The standard InChI is InChI=1S/C12H13FN4O/c13-9-3-12-11(4-10(9)14)17(1-2-18-12)6-8-5-15-7-16-8/h3-5,7H,1-2,6,14H2,(H,15,16). The molecule has 1 aliphatic rings. The van der Waals surface area contributed by atoms with Crippen LogP contribution in [0.5, 0.6) is 5.75 Å². The molecule has 0 saturated heterocycles. The number of nitrogen functional groups attached to an aromatic ring is 1. The van der Waals surface area contributed by atoms with Crippen molar-refractivity contribution in [3.05, 3.63) is 36.2 Å². The van der Waals surface area contributed by atoms with Crippen molar-refractivity contribution in [3.63, 3.8) is 0 Å². The van der Waals surface area contributed by atoms with E-state index in [0.717, 1.165) is 17.9 Å². The van der Waals surface area contributed by atoms with Crippen LogP contribution in [0.15, 0.2) is 24.7 Å². The number of hydrogen-bond acceptors (Lipinski definition) is 4. The number of halogens is 1. The first kappa shape index (κ1) is 10.9. The lowest BCUT2D eigenvalue weighted by molar-refractivity contribution is 0.305. The Morgan fingerprint density at radius 2 is 2.39 bits per heavy atom. The van der Waals surface area contributed by atoms with E-state index in [1.807, 2.05) is 0 Å². The van der Waals surface area contributed by atoms with Crippen LogP contribution < -0.4 is 15.4 Å². The number of hydrogen-bond donors (Lipinski definition) is 2. The Morgan fingerprint density at radius 1 is 1.50 bits per heavy atom. The number of ether oxygens (including phenoxy) is 1. The molecule has 2 aromatic rings. The molecule has 0 aliphatic carbocycles. The van der Waals surface area contributed by atoms with E-state index >= 15 is 0 Å². The van der Waals surface area contributed by atoms with Crippen LogP contribution >= 0.6 is 0 Å². The molecule has 0 amide bonds. The van der Waals surface area contributed by atoms with Gasteiger partial charge in [0.15, 0.2) is 0 Å². The molecule has 0 radical (unpaired) electrons. The molecular weight excluding hydrogens is 235 g/mol. The SMILES string of the molecule is Nc1cc2c(cc1F)OCCN2Cc1cnc[nH]1. The van der Waals surface area contributed by atoms with Gasteiger partial charge in [-0.2, -0.15) is 0 Å². The minimum absolute atomic E-state index is 0.133. The van der Waals surface area contributed by atoms with Crippen LogP contribution in [0.2, 0.25) is 0 Å². The van der Waals surface area contributed by atoms with Crippen molar-refractivity contribution in [1.82, 2.24) is 9.97 Å². The lowest BCUT2D eigenvalue weighted by Crippen LogP contribution is -2.32. The molecule has 0 spiro atoms. The van der Waals surface area contributed by atoms with E-state index in [1.165, 1.54) is 6.07 Å². The lowest BCUT2D eigenvalue weighted by atomic mass is 10.2. The fourth-order valence-electron chi connectivity index (χ4n) is 2.05. The second-order valence-electron chi connectivity index (χ2n) is 4.19. The van der Waals surface area contributed by atoms with Gasteiger partial charge in [0.25, 0.3) is 0 Å². The summed E-state index contributed by atoms with van der Waals surface area (Å²) in [5, 5.41) is 0. The van der Waals surface area contributed by atoms with Crippen molar-refractivity contribution in [2.75, 3.05) is 23.8 Å². The van der Waals surface area contributed by atoms with Crippen LogP contribution in [0.1, 0.15) is 5.69 Å². The summed E-state index contributed by atoms with van der Waals surface area (Å²) in [5.41, 5.74) is 7.54. The van der Waals surface area contributed by atoms with Crippen molar-refractivity contribution in [1.29, 1.82) is 0 Å². The second kappa shape index (κ2) is 4.21. The molecular formula is C12H13FN4O. The Balaban J connectivity index is 1.93. The van der Waals surface area contributed by atoms with E-state index in [-0.39, 0.29) is 5.69 Å². The second-order valence-corrected chi connectivity index (χ2v) is 4.19. The molecule has 0 saturated carbocycles. The summed E-state index contributed by atoms with van der Waals surface area (Å²) < 4.78 is 18.8. The fraction of sp³-hybridized carbons (Fsp3) is 0.250. The molecule has 0 bridgehead atoms. The number of aromatic nitrogens is 2. The third-order valence-electron chi connectivity index (χ3n) is 2.95. The Bertz CT molecular complexity index is 555. The molecule has 3 N–H and O–H groups in total. The largest absolute Gasteiger partial charge is 0.489 e. The van der Waals surface area contributed by atoms with Gasteiger partial charge in [0, 0.05) is 12.3 Å². The zero-order valence-electron chi connectivity index (χ0n) is 9.69. The van der Waals surface area contributed by atoms with Gasteiger partial charge in [0.1, 0.15) is 18.2 Å². The third-order valence-corrected chi connectivity index (χ3v) is 2.95. The van der Waals surface area contributed by atoms with Gasteiger partial charge in [-0.1, -0.05) is 0 Å². The summed E-state index contributed by atoms with van der Waals surface area (Å²) in [7, 11) is 0. The maximum atomic E-state index is 13.4. The monoisotopic (exact) mass is 248 g/mol. The first-order valence-corrected chi connectivity index (χ1v) is 5.68. The molecule has 0 atom stereocenters. The van der Waals surface area contributed by atoms with E-state index in [4.69, 9.17) is 10.5 Å². The molecule has 1 aliphatic heterocycles. The maximum absolute atomic E-state index is 13.4. The summed E-state index contributed by atoms with van der Waals surface area (Å²) in [4.78, 5) is 9.10. The molecule has 1 aromatic carbocycles. The smallest absolute Gasteiger partial charge is 0.149 e.